The molecule has 1 N–H and O–H groups in total. The Hall–Kier alpha value is -1.49. The molecule has 90 valence electrons. The summed E-state index contributed by atoms with van der Waals surface area (Å²) in [4.78, 5) is 0. The average molecular weight is 231 g/mol. The van der Waals surface area contributed by atoms with Crippen molar-refractivity contribution in [3.63, 3.8) is 0 Å². The average Bonchev–Trinajstić information content (AvgIpc) is 2.95. The number of hydrogen-bond donors (Lipinski definition) is 1. The lowest BCUT2D eigenvalue weighted by molar-refractivity contribution is 0.311. The van der Waals surface area contributed by atoms with Gasteiger partial charge in [-0.25, -0.2) is 0 Å². The van der Waals surface area contributed by atoms with E-state index in [1.807, 2.05) is 16.6 Å². The molecule has 0 amide bonds. The van der Waals surface area contributed by atoms with Gasteiger partial charge in [0.15, 0.2) is 11.5 Å². The van der Waals surface area contributed by atoms with E-state index in [-0.39, 0.29) is 5.41 Å². The van der Waals surface area contributed by atoms with E-state index in [9.17, 15) is 0 Å². The molecule has 1 atom stereocenters. The molecule has 0 aliphatic carbocycles. The summed E-state index contributed by atoms with van der Waals surface area (Å²) in [6.45, 7) is 6.50. The zero-order valence-corrected chi connectivity index (χ0v) is 10.2. The lowest BCUT2D eigenvalue weighted by Crippen LogP contribution is -2.37. The van der Waals surface area contributed by atoms with E-state index in [1.54, 1.807) is 6.20 Å². The third-order valence-electron chi connectivity index (χ3n) is 3.92. The van der Waals surface area contributed by atoms with Crippen LogP contribution in [-0.4, -0.2) is 32.9 Å². The SMILES string of the molecule is CC(C)C1(c2nnc3cccnn23)CCNC1. The molecule has 17 heavy (non-hydrogen) atoms. The molecule has 2 aromatic rings. The van der Waals surface area contributed by atoms with E-state index >= 15 is 0 Å². The van der Waals surface area contributed by atoms with Gasteiger partial charge in [-0.15, -0.1) is 10.2 Å². The number of aromatic nitrogens is 4. The van der Waals surface area contributed by atoms with Crippen LogP contribution in [0.2, 0.25) is 0 Å². The molecule has 2 aromatic heterocycles. The Balaban J connectivity index is 2.19. The third-order valence-corrected chi connectivity index (χ3v) is 3.92. The minimum atomic E-state index is 0.0633. The summed E-state index contributed by atoms with van der Waals surface area (Å²) in [6, 6.07) is 3.84. The molecule has 1 aliphatic heterocycles. The topological polar surface area (TPSA) is 55.1 Å². The lowest BCUT2D eigenvalue weighted by Gasteiger charge is -2.30. The van der Waals surface area contributed by atoms with Crippen molar-refractivity contribution in [1.82, 2.24) is 25.1 Å². The number of hydrogen-bond acceptors (Lipinski definition) is 4. The Labute approximate surface area is 100 Å². The van der Waals surface area contributed by atoms with Crippen molar-refractivity contribution in [2.45, 2.75) is 25.7 Å². The van der Waals surface area contributed by atoms with Crippen LogP contribution in [0.5, 0.6) is 0 Å². The third kappa shape index (κ3) is 1.45. The summed E-state index contributed by atoms with van der Waals surface area (Å²) < 4.78 is 1.88. The summed E-state index contributed by atoms with van der Waals surface area (Å²) in [6.07, 6.45) is 2.89. The summed E-state index contributed by atoms with van der Waals surface area (Å²) >= 11 is 0. The van der Waals surface area contributed by atoms with Crippen molar-refractivity contribution in [3.05, 3.63) is 24.2 Å². The molecule has 1 saturated heterocycles. The predicted molar refractivity (Wildman–Crippen MR) is 64.8 cm³/mol. The summed E-state index contributed by atoms with van der Waals surface area (Å²) in [5.74, 6) is 1.51. The predicted octanol–water partition coefficient (Wildman–Crippen LogP) is 1.01. The molecule has 3 rings (SSSR count). The zero-order valence-electron chi connectivity index (χ0n) is 10.2. The summed E-state index contributed by atoms with van der Waals surface area (Å²) in [5.41, 5.74) is 0.891. The highest BCUT2D eigenvalue weighted by molar-refractivity contribution is 5.36. The Morgan fingerprint density at radius 2 is 2.29 bits per heavy atom. The second-order valence-electron chi connectivity index (χ2n) is 5.05. The van der Waals surface area contributed by atoms with Gasteiger partial charge < -0.3 is 5.32 Å². The van der Waals surface area contributed by atoms with E-state index in [0.717, 1.165) is 31.0 Å². The smallest absolute Gasteiger partial charge is 0.177 e. The van der Waals surface area contributed by atoms with Crippen molar-refractivity contribution < 1.29 is 0 Å². The molecule has 0 saturated carbocycles. The van der Waals surface area contributed by atoms with E-state index in [0.29, 0.717) is 5.92 Å². The maximum atomic E-state index is 4.38. The highest BCUT2D eigenvalue weighted by Crippen LogP contribution is 2.36. The van der Waals surface area contributed by atoms with Gasteiger partial charge in [-0.05, 0) is 31.0 Å². The van der Waals surface area contributed by atoms with Crippen molar-refractivity contribution in [3.8, 4) is 0 Å². The minimum Gasteiger partial charge on any atom is -0.316 e. The van der Waals surface area contributed by atoms with Crippen LogP contribution in [0.4, 0.5) is 0 Å². The molecule has 0 bridgehead atoms. The molecule has 3 heterocycles. The maximum absolute atomic E-state index is 4.38. The van der Waals surface area contributed by atoms with Gasteiger partial charge in [-0.1, -0.05) is 13.8 Å². The monoisotopic (exact) mass is 231 g/mol. The molecular formula is C12H17N5. The van der Waals surface area contributed by atoms with Crippen LogP contribution in [0.25, 0.3) is 5.65 Å². The second-order valence-corrected chi connectivity index (χ2v) is 5.05. The fourth-order valence-corrected chi connectivity index (χ4v) is 2.71. The van der Waals surface area contributed by atoms with E-state index in [4.69, 9.17) is 0 Å². The molecule has 1 aliphatic rings. The van der Waals surface area contributed by atoms with Crippen molar-refractivity contribution in [1.29, 1.82) is 0 Å². The number of nitrogens with one attached hydrogen (secondary N) is 1. The lowest BCUT2D eigenvalue weighted by atomic mass is 9.76. The first kappa shape index (κ1) is 10.7. The Morgan fingerprint density at radius 3 is 3.00 bits per heavy atom. The van der Waals surface area contributed by atoms with Gasteiger partial charge in [-0.3, -0.25) is 0 Å². The molecule has 0 radical (unpaired) electrons. The highest BCUT2D eigenvalue weighted by Gasteiger charge is 2.42. The van der Waals surface area contributed by atoms with Crippen LogP contribution in [0.1, 0.15) is 26.1 Å². The van der Waals surface area contributed by atoms with Gasteiger partial charge in [0.25, 0.3) is 0 Å². The molecule has 5 nitrogen and oxygen atoms in total. The quantitative estimate of drug-likeness (QED) is 0.838. The van der Waals surface area contributed by atoms with Gasteiger partial charge in [0.05, 0.1) is 0 Å². The second kappa shape index (κ2) is 3.77. The molecule has 0 spiro atoms. The van der Waals surface area contributed by atoms with Crippen LogP contribution in [-0.2, 0) is 5.41 Å². The molecule has 0 aromatic carbocycles. The highest BCUT2D eigenvalue weighted by atomic mass is 15.4. The number of fused-ring (bicyclic) bond motifs is 1. The zero-order chi connectivity index (χ0) is 11.9. The Morgan fingerprint density at radius 1 is 1.41 bits per heavy atom. The first-order valence-corrected chi connectivity index (χ1v) is 6.12. The summed E-state index contributed by atoms with van der Waals surface area (Å²) in [7, 11) is 0. The Bertz CT molecular complexity index is 524. The van der Waals surface area contributed by atoms with Gasteiger partial charge in [-0.2, -0.15) is 9.61 Å². The molecule has 1 unspecified atom stereocenters. The van der Waals surface area contributed by atoms with Gasteiger partial charge in [0.2, 0.25) is 0 Å². The number of nitrogens with zero attached hydrogens (tertiary/aromatic N) is 4. The van der Waals surface area contributed by atoms with Gasteiger partial charge >= 0.3 is 0 Å². The maximum Gasteiger partial charge on any atom is 0.177 e. The molecular weight excluding hydrogens is 214 g/mol. The Kier molecular flexibility index (Phi) is 2.36. The minimum absolute atomic E-state index is 0.0633. The van der Waals surface area contributed by atoms with Crippen LogP contribution >= 0.6 is 0 Å². The first-order chi connectivity index (χ1) is 8.24. The normalized spacial score (nSPS) is 24.9. The van der Waals surface area contributed by atoms with E-state index in [2.05, 4.69) is 34.5 Å². The first-order valence-electron chi connectivity index (χ1n) is 6.12. The molecule has 5 heteroatoms. The van der Waals surface area contributed by atoms with E-state index < -0.39 is 0 Å². The fraction of sp³-hybridized carbons (Fsp3) is 0.583. The standard InChI is InChI=1S/C12H17N5/c1-9(2)12(5-7-13-8-12)11-16-15-10-4-3-6-14-17(10)11/h3-4,6,9,13H,5,7-8H2,1-2H3. The molecule has 1 fully saturated rings. The van der Waals surface area contributed by atoms with Crippen LogP contribution < -0.4 is 5.32 Å². The van der Waals surface area contributed by atoms with Gasteiger partial charge in [0, 0.05) is 18.2 Å². The largest absolute Gasteiger partial charge is 0.316 e. The van der Waals surface area contributed by atoms with Crippen LogP contribution in [0.3, 0.4) is 0 Å². The van der Waals surface area contributed by atoms with Crippen molar-refractivity contribution in [2.24, 2.45) is 5.92 Å². The van der Waals surface area contributed by atoms with Crippen LogP contribution in [0, 0.1) is 5.92 Å². The number of rotatable bonds is 2. The van der Waals surface area contributed by atoms with E-state index in [1.165, 1.54) is 0 Å². The van der Waals surface area contributed by atoms with Crippen LogP contribution in [0.15, 0.2) is 18.3 Å². The van der Waals surface area contributed by atoms with Crippen molar-refractivity contribution in [2.75, 3.05) is 13.1 Å². The fourth-order valence-electron chi connectivity index (χ4n) is 2.71. The van der Waals surface area contributed by atoms with Crippen molar-refractivity contribution >= 4 is 5.65 Å². The summed E-state index contributed by atoms with van der Waals surface area (Å²) in [5, 5.41) is 16.4. The van der Waals surface area contributed by atoms with Gasteiger partial charge in [0.1, 0.15) is 0 Å².